The first-order valence-corrected chi connectivity index (χ1v) is 5.45. The van der Waals surface area contributed by atoms with Crippen LogP contribution in [0.3, 0.4) is 0 Å². The summed E-state index contributed by atoms with van der Waals surface area (Å²) >= 11 is 0. The Morgan fingerprint density at radius 2 is 0.706 bits per heavy atom. The van der Waals surface area contributed by atoms with Crippen LogP contribution in [0.1, 0.15) is 0 Å². The van der Waals surface area contributed by atoms with Gasteiger partial charge in [0.15, 0.2) is 0 Å². The molecule has 6 nitrogen and oxygen atoms in total. The minimum Gasteiger partial charge on any atom is -0.279 e. The normalized spacial score (nSPS) is 13.2. The first-order valence-electron chi connectivity index (χ1n) is 2.57. The molecular weight excluding hydrogens is 477 g/mol. The van der Waals surface area contributed by atoms with Crippen molar-refractivity contribution in [1.29, 1.82) is 0 Å². The van der Waals surface area contributed by atoms with Crippen LogP contribution in [-0.4, -0.2) is 37.0 Å². The minimum atomic E-state index is -5.84. The molecular formula is C2H2F6HfO6S2. The number of hydrogen-bond donors (Lipinski definition) is 2. The Balaban J connectivity index is -0.000000218. The smallest absolute Gasteiger partial charge is 0.279 e. The molecule has 0 aliphatic carbocycles. The van der Waals surface area contributed by atoms with Crippen LogP contribution < -0.4 is 0 Å². The molecule has 0 atom stereocenters. The van der Waals surface area contributed by atoms with E-state index in [2.05, 4.69) is 0 Å². The van der Waals surface area contributed by atoms with Gasteiger partial charge in [0.05, 0.1) is 0 Å². The van der Waals surface area contributed by atoms with Crippen LogP contribution >= 0.6 is 0 Å². The summed E-state index contributed by atoms with van der Waals surface area (Å²) in [7, 11) is -11.7. The molecule has 0 aromatic heterocycles. The first kappa shape index (κ1) is 22.5. The Kier molecular flexibility index (Phi) is 8.51. The fourth-order valence-corrected chi connectivity index (χ4v) is 0. The largest absolute Gasteiger partial charge is 0.522 e. The second-order valence-corrected chi connectivity index (χ2v) is 4.67. The van der Waals surface area contributed by atoms with Gasteiger partial charge < -0.3 is 0 Å². The standard InChI is InChI=1S/2CHF3O3S.Hf/c2*2-1(3,4)8(5,6)7;/h2*(H,5,6,7);. The summed E-state index contributed by atoms with van der Waals surface area (Å²) in [6.45, 7) is 0. The van der Waals surface area contributed by atoms with E-state index in [0.717, 1.165) is 0 Å². The summed E-state index contributed by atoms with van der Waals surface area (Å²) in [5.41, 5.74) is -11.1. The molecule has 104 valence electrons. The van der Waals surface area contributed by atoms with Gasteiger partial charge in [-0.05, 0) is 0 Å². The molecule has 0 aromatic rings. The predicted octanol–water partition coefficient (Wildman–Crippen LogP) is 0.786. The number of hydrogen-bond acceptors (Lipinski definition) is 4. The summed E-state index contributed by atoms with van der Waals surface area (Å²) in [5.74, 6) is 0. The minimum absolute atomic E-state index is 0. The van der Waals surface area contributed by atoms with Gasteiger partial charge in [-0.2, -0.15) is 43.2 Å². The number of halogens is 6. The van der Waals surface area contributed by atoms with E-state index in [4.69, 9.17) is 25.9 Å². The van der Waals surface area contributed by atoms with Crippen molar-refractivity contribution in [1.82, 2.24) is 0 Å². The maximum absolute atomic E-state index is 10.7. The average Bonchev–Trinajstić information content (AvgIpc) is 1.77. The van der Waals surface area contributed by atoms with Crippen LogP contribution in [0.4, 0.5) is 26.3 Å². The first-order chi connectivity index (χ1) is 6.50. The molecule has 17 heavy (non-hydrogen) atoms. The number of rotatable bonds is 0. The Morgan fingerprint density at radius 3 is 0.706 bits per heavy atom. The molecule has 15 heteroatoms. The Labute approximate surface area is 109 Å². The van der Waals surface area contributed by atoms with Crippen molar-refractivity contribution >= 4 is 20.2 Å². The Bertz CT molecular complexity index is 374. The second-order valence-electron chi connectivity index (χ2n) is 1.84. The van der Waals surface area contributed by atoms with Crippen LogP contribution in [0.5, 0.6) is 0 Å². The molecule has 0 amide bonds. The second kappa shape index (κ2) is 6.44. The third kappa shape index (κ3) is 9.93. The van der Waals surface area contributed by atoms with E-state index in [9.17, 15) is 26.3 Å². The zero-order valence-corrected chi connectivity index (χ0v) is 12.3. The van der Waals surface area contributed by atoms with Crippen molar-refractivity contribution < 1.29 is 78.1 Å². The molecule has 0 saturated carbocycles. The van der Waals surface area contributed by atoms with E-state index in [1.54, 1.807) is 0 Å². The SMILES string of the molecule is O=S(=O)(O)C(F)(F)F.O=S(=O)(O)C(F)(F)F.[Hf]. The molecule has 0 radical (unpaired) electrons. The maximum atomic E-state index is 10.7. The maximum Gasteiger partial charge on any atom is 0.522 e. The van der Waals surface area contributed by atoms with Gasteiger partial charge in [0.1, 0.15) is 0 Å². The molecule has 0 fully saturated rings. The van der Waals surface area contributed by atoms with Crippen LogP contribution in [0, 0.1) is 0 Å². The molecule has 0 rings (SSSR count). The summed E-state index contributed by atoms with van der Waals surface area (Å²) in [6, 6.07) is 0. The van der Waals surface area contributed by atoms with Crippen molar-refractivity contribution in [3.63, 3.8) is 0 Å². The molecule has 0 spiro atoms. The third-order valence-corrected chi connectivity index (χ3v) is 1.75. The average molecular weight is 479 g/mol. The summed E-state index contributed by atoms with van der Waals surface area (Å²) in [6.07, 6.45) is 0. The van der Waals surface area contributed by atoms with E-state index in [-0.39, 0.29) is 25.8 Å². The molecule has 0 heterocycles. The van der Waals surface area contributed by atoms with Gasteiger partial charge in [0.25, 0.3) is 0 Å². The van der Waals surface area contributed by atoms with Crippen molar-refractivity contribution in [2.75, 3.05) is 0 Å². The van der Waals surface area contributed by atoms with Gasteiger partial charge in [-0.3, -0.25) is 9.11 Å². The van der Waals surface area contributed by atoms with Crippen molar-refractivity contribution in [2.45, 2.75) is 11.0 Å². The van der Waals surface area contributed by atoms with E-state index < -0.39 is 31.3 Å². The van der Waals surface area contributed by atoms with E-state index in [1.165, 1.54) is 0 Å². The van der Waals surface area contributed by atoms with Crippen molar-refractivity contribution in [3.8, 4) is 0 Å². The van der Waals surface area contributed by atoms with Crippen LogP contribution in [0.2, 0.25) is 0 Å². The molecule has 0 bridgehead atoms. The molecule has 0 aliphatic rings. The zero-order valence-electron chi connectivity index (χ0n) is 7.11. The van der Waals surface area contributed by atoms with Crippen LogP contribution in [-0.2, 0) is 46.1 Å². The summed E-state index contributed by atoms with van der Waals surface area (Å²) in [4.78, 5) is 0. The molecule has 0 unspecified atom stereocenters. The van der Waals surface area contributed by atoms with Gasteiger partial charge in [0.2, 0.25) is 0 Å². The predicted molar refractivity (Wildman–Crippen MR) is 35.2 cm³/mol. The van der Waals surface area contributed by atoms with Gasteiger partial charge in [-0.1, -0.05) is 0 Å². The monoisotopic (exact) mass is 480 g/mol. The van der Waals surface area contributed by atoms with Gasteiger partial charge >= 0.3 is 31.3 Å². The topological polar surface area (TPSA) is 109 Å². The van der Waals surface area contributed by atoms with Gasteiger partial charge in [-0.25, -0.2) is 0 Å². The van der Waals surface area contributed by atoms with Gasteiger partial charge in [0, 0.05) is 25.8 Å². The van der Waals surface area contributed by atoms with Crippen LogP contribution in [0.25, 0.3) is 0 Å². The van der Waals surface area contributed by atoms with Gasteiger partial charge in [-0.15, -0.1) is 0 Å². The molecule has 0 aliphatic heterocycles. The quantitative estimate of drug-likeness (QED) is 0.231. The molecule has 2 N–H and O–H groups in total. The molecule has 0 aromatic carbocycles. The Hall–Kier alpha value is 0.270. The number of alkyl halides is 6. The van der Waals surface area contributed by atoms with Crippen molar-refractivity contribution in [2.24, 2.45) is 0 Å². The summed E-state index contributed by atoms with van der Waals surface area (Å²) < 4.78 is 115. The fraction of sp³-hybridized carbons (Fsp3) is 1.00. The van der Waals surface area contributed by atoms with Crippen LogP contribution in [0.15, 0.2) is 0 Å². The third-order valence-electron chi connectivity index (χ3n) is 0.585. The zero-order chi connectivity index (χ0) is 14.0. The summed E-state index contributed by atoms with van der Waals surface area (Å²) in [5, 5.41) is 0. The van der Waals surface area contributed by atoms with E-state index in [1.807, 2.05) is 0 Å². The van der Waals surface area contributed by atoms with E-state index >= 15 is 0 Å². The van der Waals surface area contributed by atoms with Crippen molar-refractivity contribution in [3.05, 3.63) is 0 Å². The fourth-order valence-electron chi connectivity index (χ4n) is 0. The van der Waals surface area contributed by atoms with E-state index in [0.29, 0.717) is 0 Å². The Morgan fingerprint density at radius 1 is 0.647 bits per heavy atom. The molecule has 0 saturated heterocycles.